The van der Waals surface area contributed by atoms with Crippen LogP contribution in [0.5, 0.6) is 0 Å². The lowest BCUT2D eigenvalue weighted by molar-refractivity contribution is -0.145. The quantitative estimate of drug-likeness (QED) is 0.722. The Morgan fingerprint density at radius 3 is 1.86 bits per heavy atom. The van der Waals surface area contributed by atoms with Gasteiger partial charge in [-0.1, -0.05) is 34.6 Å². The van der Waals surface area contributed by atoms with Crippen LogP contribution >= 0.6 is 0 Å². The van der Waals surface area contributed by atoms with Crippen molar-refractivity contribution in [3.05, 3.63) is 0 Å². The first kappa shape index (κ1) is 12.9. The van der Waals surface area contributed by atoms with Crippen molar-refractivity contribution in [2.24, 2.45) is 11.3 Å². The highest BCUT2D eigenvalue weighted by Crippen LogP contribution is 2.19. The molecule has 0 aliphatic carbocycles. The first-order valence-corrected chi connectivity index (χ1v) is 4.69. The maximum absolute atomic E-state index is 11.3. The second kappa shape index (κ2) is 4.44. The maximum Gasteiger partial charge on any atom is 0.326 e. The Labute approximate surface area is 84.7 Å². The fourth-order valence-corrected chi connectivity index (χ4v) is 0.958. The highest BCUT2D eigenvalue weighted by Gasteiger charge is 2.32. The lowest BCUT2D eigenvalue weighted by atomic mass is 9.86. The Bertz CT molecular complexity index is 228. The van der Waals surface area contributed by atoms with Crippen molar-refractivity contribution >= 4 is 11.9 Å². The lowest BCUT2D eigenvalue weighted by Crippen LogP contribution is -2.50. The molecule has 0 fully saturated rings. The zero-order valence-corrected chi connectivity index (χ0v) is 9.42. The van der Waals surface area contributed by atoms with Crippen molar-refractivity contribution in [1.29, 1.82) is 0 Å². The smallest absolute Gasteiger partial charge is 0.326 e. The number of carbonyl (C=O) groups excluding carboxylic acids is 1. The second-order valence-corrected chi connectivity index (χ2v) is 4.80. The Kier molecular flexibility index (Phi) is 4.10. The summed E-state index contributed by atoms with van der Waals surface area (Å²) in [5.41, 5.74) is -0.476. The minimum Gasteiger partial charge on any atom is -0.480 e. The molecule has 0 spiro atoms. The van der Waals surface area contributed by atoms with Crippen molar-refractivity contribution in [3.8, 4) is 0 Å². The van der Waals surface area contributed by atoms with E-state index in [1.54, 1.807) is 34.6 Å². The third-order valence-corrected chi connectivity index (χ3v) is 1.92. The van der Waals surface area contributed by atoms with Gasteiger partial charge in [0.25, 0.3) is 0 Å². The summed E-state index contributed by atoms with van der Waals surface area (Å²) in [6, 6.07) is -0.836. The molecule has 82 valence electrons. The van der Waals surface area contributed by atoms with E-state index in [9.17, 15) is 9.59 Å². The molecule has 0 aromatic rings. The molecular weight excluding hydrogens is 182 g/mol. The van der Waals surface area contributed by atoms with Gasteiger partial charge in [0.05, 0.1) is 0 Å². The van der Waals surface area contributed by atoms with Gasteiger partial charge in [0.1, 0.15) is 6.04 Å². The first-order chi connectivity index (χ1) is 6.16. The summed E-state index contributed by atoms with van der Waals surface area (Å²) >= 11 is 0. The summed E-state index contributed by atoms with van der Waals surface area (Å²) in [4.78, 5) is 22.2. The van der Waals surface area contributed by atoms with Crippen LogP contribution < -0.4 is 5.32 Å². The number of carboxylic acid groups (broad SMARTS) is 1. The number of hydrogen-bond donors (Lipinski definition) is 2. The topological polar surface area (TPSA) is 66.4 Å². The lowest BCUT2D eigenvalue weighted by Gasteiger charge is -2.28. The van der Waals surface area contributed by atoms with Crippen LogP contribution in [0.15, 0.2) is 0 Å². The average molecular weight is 201 g/mol. The maximum atomic E-state index is 11.3. The molecule has 0 aliphatic heterocycles. The molecule has 0 saturated carbocycles. The summed E-state index contributed by atoms with van der Waals surface area (Å²) < 4.78 is 0. The number of amides is 1. The van der Waals surface area contributed by atoms with E-state index in [1.165, 1.54) is 0 Å². The molecule has 4 nitrogen and oxygen atoms in total. The fourth-order valence-electron chi connectivity index (χ4n) is 0.958. The van der Waals surface area contributed by atoms with E-state index in [2.05, 4.69) is 5.32 Å². The van der Waals surface area contributed by atoms with Gasteiger partial charge in [0.15, 0.2) is 0 Å². The summed E-state index contributed by atoms with van der Waals surface area (Å²) in [5, 5.41) is 11.4. The molecule has 0 rings (SSSR count). The molecule has 1 amide bonds. The summed E-state index contributed by atoms with van der Waals surface area (Å²) in [6.45, 7) is 8.82. The van der Waals surface area contributed by atoms with E-state index in [0.29, 0.717) is 0 Å². The number of aliphatic carboxylic acids is 1. The predicted octanol–water partition coefficient (Wildman–Crippen LogP) is 1.26. The molecular formula is C10H19NO3. The third-order valence-electron chi connectivity index (χ3n) is 1.92. The predicted molar refractivity (Wildman–Crippen MR) is 53.9 cm³/mol. The number of carboxylic acids is 1. The van der Waals surface area contributed by atoms with E-state index in [4.69, 9.17) is 5.11 Å². The van der Waals surface area contributed by atoms with Gasteiger partial charge in [-0.2, -0.15) is 0 Å². The van der Waals surface area contributed by atoms with Crippen LogP contribution in [-0.2, 0) is 9.59 Å². The van der Waals surface area contributed by atoms with Gasteiger partial charge in [-0.15, -0.1) is 0 Å². The minimum absolute atomic E-state index is 0.195. The molecule has 2 N–H and O–H groups in total. The van der Waals surface area contributed by atoms with E-state index in [-0.39, 0.29) is 11.8 Å². The summed E-state index contributed by atoms with van der Waals surface area (Å²) in [5.74, 6) is -1.42. The number of carbonyl (C=O) groups is 2. The van der Waals surface area contributed by atoms with Gasteiger partial charge >= 0.3 is 5.97 Å². The van der Waals surface area contributed by atoms with Crippen molar-refractivity contribution in [2.75, 3.05) is 0 Å². The summed E-state index contributed by atoms with van der Waals surface area (Å²) in [6.07, 6.45) is 0. The third kappa shape index (κ3) is 3.77. The molecule has 0 radical (unpaired) electrons. The van der Waals surface area contributed by atoms with E-state index in [0.717, 1.165) is 0 Å². The van der Waals surface area contributed by atoms with Crippen LogP contribution in [0.4, 0.5) is 0 Å². The van der Waals surface area contributed by atoms with Crippen molar-refractivity contribution in [3.63, 3.8) is 0 Å². The molecule has 0 aliphatic rings. The highest BCUT2D eigenvalue weighted by atomic mass is 16.4. The van der Waals surface area contributed by atoms with Gasteiger partial charge in [-0.3, -0.25) is 4.79 Å². The number of rotatable bonds is 3. The molecule has 1 atom stereocenters. The van der Waals surface area contributed by atoms with Gasteiger partial charge < -0.3 is 10.4 Å². The van der Waals surface area contributed by atoms with Crippen LogP contribution in [0.25, 0.3) is 0 Å². The molecule has 0 unspecified atom stereocenters. The zero-order valence-electron chi connectivity index (χ0n) is 9.42. The Balaban J connectivity index is 4.56. The fraction of sp³-hybridized carbons (Fsp3) is 0.800. The van der Waals surface area contributed by atoms with Gasteiger partial charge in [-0.25, -0.2) is 4.79 Å². The highest BCUT2D eigenvalue weighted by molar-refractivity contribution is 5.85. The van der Waals surface area contributed by atoms with Gasteiger partial charge in [0, 0.05) is 5.92 Å². The zero-order chi connectivity index (χ0) is 11.5. The standard InChI is InChI=1S/C10H19NO3/c1-6(2)8(12)11-7(9(13)14)10(3,4)5/h6-7H,1-5H3,(H,11,12)(H,13,14)/t7-/m0/s1. The van der Waals surface area contributed by atoms with E-state index < -0.39 is 17.4 Å². The van der Waals surface area contributed by atoms with Crippen LogP contribution in [0, 0.1) is 11.3 Å². The Hall–Kier alpha value is -1.06. The monoisotopic (exact) mass is 201 g/mol. The molecule has 0 heterocycles. The number of nitrogens with one attached hydrogen (secondary N) is 1. The molecule has 0 aromatic heterocycles. The van der Waals surface area contributed by atoms with Crippen molar-refractivity contribution in [1.82, 2.24) is 5.32 Å². The van der Waals surface area contributed by atoms with E-state index >= 15 is 0 Å². The van der Waals surface area contributed by atoms with Gasteiger partial charge in [0.2, 0.25) is 5.91 Å². The van der Waals surface area contributed by atoms with Crippen molar-refractivity contribution in [2.45, 2.75) is 40.7 Å². The van der Waals surface area contributed by atoms with Crippen LogP contribution in [0.3, 0.4) is 0 Å². The normalized spacial score (nSPS) is 13.9. The van der Waals surface area contributed by atoms with Gasteiger partial charge in [-0.05, 0) is 5.41 Å². The first-order valence-electron chi connectivity index (χ1n) is 4.69. The van der Waals surface area contributed by atoms with E-state index in [1.807, 2.05) is 0 Å². The van der Waals surface area contributed by atoms with Crippen LogP contribution in [-0.4, -0.2) is 23.0 Å². The number of hydrogen-bond acceptors (Lipinski definition) is 2. The molecule has 0 saturated heterocycles. The molecule has 4 heteroatoms. The Morgan fingerprint density at radius 1 is 1.21 bits per heavy atom. The minimum atomic E-state index is -0.994. The summed E-state index contributed by atoms with van der Waals surface area (Å²) in [7, 11) is 0. The average Bonchev–Trinajstić information content (AvgIpc) is 1.96. The van der Waals surface area contributed by atoms with Crippen molar-refractivity contribution < 1.29 is 14.7 Å². The second-order valence-electron chi connectivity index (χ2n) is 4.80. The largest absolute Gasteiger partial charge is 0.480 e. The Morgan fingerprint density at radius 2 is 1.64 bits per heavy atom. The van der Waals surface area contributed by atoms with Crippen LogP contribution in [0.2, 0.25) is 0 Å². The SMILES string of the molecule is CC(C)C(=O)N[C@@H](C(=O)O)C(C)(C)C. The van der Waals surface area contributed by atoms with Crippen LogP contribution in [0.1, 0.15) is 34.6 Å². The molecule has 14 heavy (non-hydrogen) atoms. The molecule has 0 bridgehead atoms. The molecule has 0 aromatic carbocycles.